The van der Waals surface area contributed by atoms with Crippen LogP contribution in [0.15, 0.2) is 36.5 Å². The summed E-state index contributed by atoms with van der Waals surface area (Å²) in [5.41, 5.74) is 0.584. The minimum atomic E-state index is -0.524. The number of ether oxygens (including phenoxy) is 1. The predicted octanol–water partition coefficient (Wildman–Crippen LogP) is 2.13. The lowest BCUT2D eigenvalue weighted by molar-refractivity contribution is -0.389. The van der Waals surface area contributed by atoms with Crippen LogP contribution in [0.3, 0.4) is 0 Å². The third-order valence-corrected chi connectivity index (χ3v) is 2.60. The van der Waals surface area contributed by atoms with Gasteiger partial charge in [0.25, 0.3) is 0 Å². The van der Waals surface area contributed by atoms with E-state index in [9.17, 15) is 10.1 Å². The first-order chi connectivity index (χ1) is 9.69. The first-order valence-electron chi connectivity index (χ1n) is 6.00. The molecule has 102 valence electrons. The Bertz CT molecular complexity index is 628. The topological polar surface area (TPSA) is 94.0 Å². The fourth-order valence-electron chi connectivity index (χ4n) is 1.62. The Morgan fingerprint density at radius 2 is 2.10 bits per heavy atom. The van der Waals surface area contributed by atoms with Crippen LogP contribution in [0, 0.1) is 21.4 Å². The molecule has 0 fully saturated rings. The van der Waals surface area contributed by atoms with Crippen LogP contribution in [-0.4, -0.2) is 21.3 Å². The van der Waals surface area contributed by atoms with Gasteiger partial charge in [0.15, 0.2) is 0 Å². The van der Waals surface area contributed by atoms with E-state index in [0.717, 1.165) is 0 Å². The molecule has 2 aromatic rings. The average molecular weight is 272 g/mol. The highest BCUT2D eigenvalue weighted by Crippen LogP contribution is 2.12. The second-order valence-electron chi connectivity index (χ2n) is 4.03. The Labute approximate surface area is 115 Å². The summed E-state index contributed by atoms with van der Waals surface area (Å²) in [6.45, 7) is 1.02. The van der Waals surface area contributed by atoms with Crippen molar-refractivity contribution < 1.29 is 9.66 Å². The lowest BCUT2D eigenvalue weighted by Gasteiger charge is -2.05. The molecule has 0 aliphatic carbocycles. The molecule has 1 aromatic heterocycles. The molecule has 0 saturated heterocycles. The van der Waals surface area contributed by atoms with Crippen molar-refractivity contribution in [3.63, 3.8) is 0 Å². The minimum absolute atomic E-state index is 0.155. The zero-order valence-corrected chi connectivity index (χ0v) is 10.6. The third-order valence-electron chi connectivity index (χ3n) is 2.60. The number of hydrogen-bond acceptors (Lipinski definition) is 5. The van der Waals surface area contributed by atoms with E-state index in [1.54, 1.807) is 30.5 Å². The second kappa shape index (κ2) is 6.33. The van der Waals surface area contributed by atoms with Gasteiger partial charge in [0, 0.05) is 6.42 Å². The highest BCUT2D eigenvalue weighted by molar-refractivity contribution is 5.34. The van der Waals surface area contributed by atoms with Gasteiger partial charge in [-0.1, -0.05) is 0 Å². The highest BCUT2D eigenvalue weighted by atomic mass is 16.6. The Morgan fingerprint density at radius 1 is 1.35 bits per heavy atom. The fourth-order valence-corrected chi connectivity index (χ4v) is 1.62. The maximum Gasteiger partial charge on any atom is 0.389 e. The van der Waals surface area contributed by atoms with Gasteiger partial charge in [-0.05, 0) is 29.2 Å². The van der Waals surface area contributed by atoms with Crippen LogP contribution in [-0.2, 0) is 6.54 Å². The molecule has 0 amide bonds. The molecule has 2 rings (SSSR count). The third kappa shape index (κ3) is 3.55. The van der Waals surface area contributed by atoms with Gasteiger partial charge in [0.2, 0.25) is 0 Å². The van der Waals surface area contributed by atoms with E-state index in [0.29, 0.717) is 30.9 Å². The summed E-state index contributed by atoms with van der Waals surface area (Å²) < 4.78 is 7.01. The van der Waals surface area contributed by atoms with Crippen molar-refractivity contribution in [3.05, 3.63) is 52.2 Å². The standard InChI is InChI=1S/C13H12N4O3/c14-10-11-2-4-12(5-3-11)20-9-1-7-16-8-6-13(15-16)17(18)19/h2-6,8H,1,7,9H2. The summed E-state index contributed by atoms with van der Waals surface area (Å²) >= 11 is 0. The molecule has 0 N–H and O–H groups in total. The first-order valence-corrected chi connectivity index (χ1v) is 6.00. The van der Waals surface area contributed by atoms with Crippen LogP contribution < -0.4 is 4.74 Å². The van der Waals surface area contributed by atoms with Crippen LogP contribution in [0.5, 0.6) is 5.75 Å². The fraction of sp³-hybridized carbons (Fsp3) is 0.231. The van der Waals surface area contributed by atoms with Gasteiger partial charge in [-0.15, -0.1) is 0 Å². The number of nitriles is 1. The van der Waals surface area contributed by atoms with Crippen LogP contribution >= 0.6 is 0 Å². The average Bonchev–Trinajstić information content (AvgIpc) is 2.93. The van der Waals surface area contributed by atoms with Crippen molar-refractivity contribution in [2.24, 2.45) is 0 Å². The molecule has 1 aromatic carbocycles. The Morgan fingerprint density at radius 3 is 2.70 bits per heavy atom. The van der Waals surface area contributed by atoms with Crippen LogP contribution in [0.4, 0.5) is 5.82 Å². The second-order valence-corrected chi connectivity index (χ2v) is 4.03. The smallest absolute Gasteiger partial charge is 0.389 e. The van der Waals surface area contributed by atoms with Crippen LogP contribution in [0.2, 0.25) is 0 Å². The van der Waals surface area contributed by atoms with Crippen molar-refractivity contribution in [1.82, 2.24) is 9.78 Å². The number of rotatable bonds is 6. The number of aromatic nitrogens is 2. The largest absolute Gasteiger partial charge is 0.494 e. The van der Waals surface area contributed by atoms with Crippen molar-refractivity contribution in [1.29, 1.82) is 5.26 Å². The molecule has 0 atom stereocenters. The van der Waals surface area contributed by atoms with E-state index < -0.39 is 4.92 Å². The van der Waals surface area contributed by atoms with Gasteiger partial charge in [0.1, 0.15) is 5.75 Å². The molecule has 0 saturated carbocycles. The van der Waals surface area contributed by atoms with Crippen molar-refractivity contribution in [2.45, 2.75) is 13.0 Å². The summed E-state index contributed by atoms with van der Waals surface area (Å²) in [5.74, 6) is 0.536. The number of hydrogen-bond donors (Lipinski definition) is 0. The van der Waals surface area contributed by atoms with Crippen LogP contribution in [0.25, 0.3) is 0 Å². The zero-order valence-electron chi connectivity index (χ0n) is 10.6. The zero-order chi connectivity index (χ0) is 14.4. The molecule has 0 aliphatic heterocycles. The molecular formula is C13H12N4O3. The number of benzene rings is 1. The molecule has 0 unspecified atom stereocenters. The summed E-state index contributed by atoms with van der Waals surface area (Å²) in [4.78, 5) is 9.94. The van der Waals surface area contributed by atoms with Gasteiger partial charge in [-0.2, -0.15) is 9.94 Å². The molecule has 0 radical (unpaired) electrons. The van der Waals surface area contributed by atoms with E-state index in [4.69, 9.17) is 10.00 Å². The minimum Gasteiger partial charge on any atom is -0.494 e. The molecule has 7 nitrogen and oxygen atoms in total. The quantitative estimate of drug-likeness (QED) is 0.456. The Balaban J connectivity index is 1.75. The van der Waals surface area contributed by atoms with Crippen LogP contribution in [0.1, 0.15) is 12.0 Å². The Kier molecular flexibility index (Phi) is 4.29. The van der Waals surface area contributed by atoms with Crippen molar-refractivity contribution in [2.75, 3.05) is 6.61 Å². The summed E-state index contributed by atoms with van der Waals surface area (Å²) in [5, 5.41) is 22.9. The number of nitro groups is 1. The normalized spacial score (nSPS) is 9.95. The lowest BCUT2D eigenvalue weighted by atomic mass is 10.2. The van der Waals surface area contributed by atoms with Gasteiger partial charge >= 0.3 is 5.82 Å². The first kappa shape index (κ1) is 13.5. The lowest BCUT2D eigenvalue weighted by Crippen LogP contribution is -2.05. The van der Waals surface area contributed by atoms with E-state index in [-0.39, 0.29) is 5.82 Å². The van der Waals surface area contributed by atoms with E-state index >= 15 is 0 Å². The van der Waals surface area contributed by atoms with Gasteiger partial charge in [-0.25, -0.2) is 0 Å². The van der Waals surface area contributed by atoms with Crippen molar-refractivity contribution in [3.8, 4) is 11.8 Å². The van der Waals surface area contributed by atoms with E-state index in [2.05, 4.69) is 5.10 Å². The monoisotopic (exact) mass is 272 g/mol. The number of nitrogens with zero attached hydrogens (tertiary/aromatic N) is 4. The van der Waals surface area contributed by atoms with E-state index in [1.165, 1.54) is 10.7 Å². The van der Waals surface area contributed by atoms with Crippen molar-refractivity contribution >= 4 is 5.82 Å². The maximum absolute atomic E-state index is 10.5. The highest BCUT2D eigenvalue weighted by Gasteiger charge is 2.09. The van der Waals surface area contributed by atoms with Gasteiger partial charge in [-0.3, -0.25) is 0 Å². The molecule has 0 aliphatic rings. The summed E-state index contributed by atoms with van der Waals surface area (Å²) in [6.07, 6.45) is 2.25. The van der Waals surface area contributed by atoms with Gasteiger partial charge in [0.05, 0.1) is 42.1 Å². The maximum atomic E-state index is 10.5. The molecule has 1 heterocycles. The van der Waals surface area contributed by atoms with E-state index in [1.807, 2.05) is 6.07 Å². The Hall–Kier alpha value is -2.88. The summed E-state index contributed by atoms with van der Waals surface area (Å²) in [7, 11) is 0. The molecule has 7 heteroatoms. The SMILES string of the molecule is N#Cc1ccc(OCCCn2ccc([N+](=O)[O-])n2)cc1. The summed E-state index contributed by atoms with van der Waals surface area (Å²) in [6, 6.07) is 10.2. The predicted molar refractivity (Wildman–Crippen MR) is 70.2 cm³/mol. The molecular weight excluding hydrogens is 260 g/mol. The molecule has 0 spiro atoms. The van der Waals surface area contributed by atoms with Gasteiger partial charge < -0.3 is 14.9 Å². The number of aryl methyl sites for hydroxylation is 1. The molecule has 0 bridgehead atoms. The molecule has 20 heavy (non-hydrogen) atoms.